The van der Waals surface area contributed by atoms with Crippen molar-refractivity contribution < 1.29 is 14.7 Å². The molecule has 0 saturated heterocycles. The minimum absolute atomic E-state index is 0.150. The molecule has 1 aromatic carbocycles. The van der Waals surface area contributed by atoms with E-state index in [1.165, 1.54) is 12.8 Å². The average molecular weight is 394 g/mol. The van der Waals surface area contributed by atoms with Crippen LogP contribution in [0.3, 0.4) is 0 Å². The predicted molar refractivity (Wildman–Crippen MR) is 111 cm³/mol. The van der Waals surface area contributed by atoms with Crippen LogP contribution in [0.15, 0.2) is 35.0 Å². The third-order valence-corrected chi connectivity index (χ3v) is 5.91. The first kappa shape index (κ1) is 19.5. The Kier molecular flexibility index (Phi) is 5.32. The molecule has 1 unspecified atom stereocenters. The number of carbonyl (C=O) groups excluding carboxylic acids is 2. The minimum Gasteiger partial charge on any atom is -0.392 e. The van der Waals surface area contributed by atoms with Crippen molar-refractivity contribution in [2.24, 2.45) is 10.9 Å². The van der Waals surface area contributed by atoms with Crippen LogP contribution >= 0.6 is 0 Å². The first-order valence-electron chi connectivity index (χ1n) is 10.1. The Morgan fingerprint density at radius 3 is 2.72 bits per heavy atom. The maximum absolute atomic E-state index is 13.0. The largest absolute Gasteiger partial charge is 0.392 e. The fraction of sp³-hybridized carbons (Fsp3) is 0.455. The minimum atomic E-state index is -0.444. The maximum atomic E-state index is 13.0. The van der Waals surface area contributed by atoms with Crippen LogP contribution < -0.4 is 5.32 Å². The van der Waals surface area contributed by atoms with Crippen molar-refractivity contribution >= 4 is 28.4 Å². The van der Waals surface area contributed by atoms with Gasteiger partial charge in [-0.25, -0.2) is 4.99 Å². The first-order valence-corrected chi connectivity index (χ1v) is 10.1. The van der Waals surface area contributed by atoms with Gasteiger partial charge in [0.2, 0.25) is 0 Å². The van der Waals surface area contributed by atoms with E-state index in [0.29, 0.717) is 22.9 Å². The van der Waals surface area contributed by atoms with Gasteiger partial charge >= 0.3 is 0 Å². The Balaban J connectivity index is 1.60. The van der Waals surface area contributed by atoms with Crippen LogP contribution in [0.2, 0.25) is 0 Å². The molecule has 1 aliphatic carbocycles. The third-order valence-electron chi connectivity index (χ3n) is 5.91. The van der Waals surface area contributed by atoms with Gasteiger partial charge in [0.1, 0.15) is 0 Å². The number of allylic oxidation sites excluding steroid dienone is 1. The maximum Gasteiger partial charge on any atom is 0.254 e. The molecule has 2 aromatic rings. The molecule has 1 aromatic heterocycles. The highest BCUT2D eigenvalue weighted by Crippen LogP contribution is 2.33. The second-order valence-electron chi connectivity index (χ2n) is 8.00. The van der Waals surface area contributed by atoms with E-state index in [2.05, 4.69) is 15.4 Å². The van der Waals surface area contributed by atoms with Crippen LogP contribution in [0, 0.1) is 5.92 Å². The molecule has 1 aliphatic heterocycles. The molecule has 1 saturated carbocycles. The van der Waals surface area contributed by atoms with Crippen molar-refractivity contribution in [1.82, 2.24) is 15.1 Å². The fourth-order valence-corrected chi connectivity index (χ4v) is 4.37. The van der Waals surface area contributed by atoms with Crippen LogP contribution in [0.5, 0.6) is 0 Å². The van der Waals surface area contributed by atoms with E-state index in [1.54, 1.807) is 19.2 Å². The summed E-state index contributed by atoms with van der Waals surface area (Å²) in [5.74, 6) is -0.949. The van der Waals surface area contributed by atoms with Gasteiger partial charge in [-0.15, -0.1) is 0 Å². The number of aliphatic hydroxyl groups excluding tert-OH is 1. The number of hydrogen-bond donors (Lipinski definition) is 2. The van der Waals surface area contributed by atoms with Gasteiger partial charge in [-0.2, -0.15) is 5.10 Å². The normalized spacial score (nSPS) is 20.1. The van der Waals surface area contributed by atoms with Gasteiger partial charge in [0, 0.05) is 17.6 Å². The SMILES string of the molecule is CC1=CC(C)=NC(=O)C1CNC(=O)c1cc(CO)cc2c1cnn2C1CCCC1. The lowest BCUT2D eigenvalue weighted by atomic mass is 9.95. The average Bonchev–Trinajstić information content (AvgIpc) is 3.35. The van der Waals surface area contributed by atoms with E-state index in [9.17, 15) is 14.7 Å². The number of nitrogens with one attached hydrogen (secondary N) is 1. The number of rotatable bonds is 5. The van der Waals surface area contributed by atoms with E-state index >= 15 is 0 Å². The van der Waals surface area contributed by atoms with E-state index in [4.69, 9.17) is 0 Å². The van der Waals surface area contributed by atoms with Crippen LogP contribution in [0.4, 0.5) is 0 Å². The first-order chi connectivity index (χ1) is 14.0. The van der Waals surface area contributed by atoms with Crippen LogP contribution in [0.25, 0.3) is 10.9 Å². The van der Waals surface area contributed by atoms with Gasteiger partial charge in [-0.05, 0) is 50.5 Å². The zero-order chi connectivity index (χ0) is 20.5. The van der Waals surface area contributed by atoms with Crippen molar-refractivity contribution in [3.8, 4) is 0 Å². The summed E-state index contributed by atoms with van der Waals surface area (Å²) in [6.07, 6.45) is 8.13. The number of benzene rings is 1. The molecule has 1 fully saturated rings. The summed E-state index contributed by atoms with van der Waals surface area (Å²) in [6.45, 7) is 3.71. The standard InChI is InChI=1S/C22H26N4O3/c1-13-7-14(2)25-22(29)18(13)10-23-21(28)17-8-15(12-27)9-20-19(17)11-24-26(20)16-5-3-4-6-16/h7-9,11,16,18,27H,3-6,10,12H2,1-2H3,(H,23,28). The highest BCUT2D eigenvalue weighted by molar-refractivity contribution is 6.08. The van der Waals surface area contributed by atoms with E-state index < -0.39 is 5.92 Å². The quantitative estimate of drug-likeness (QED) is 0.815. The van der Waals surface area contributed by atoms with E-state index in [-0.39, 0.29) is 25.0 Å². The van der Waals surface area contributed by atoms with Crippen LogP contribution in [0.1, 0.15) is 61.5 Å². The summed E-state index contributed by atoms with van der Waals surface area (Å²) in [5.41, 5.74) is 3.60. The zero-order valence-corrected chi connectivity index (χ0v) is 16.8. The molecule has 152 valence electrons. The van der Waals surface area contributed by atoms with Crippen molar-refractivity contribution in [3.63, 3.8) is 0 Å². The molecule has 2 aliphatic rings. The zero-order valence-electron chi connectivity index (χ0n) is 16.8. The van der Waals surface area contributed by atoms with Crippen LogP contribution in [-0.2, 0) is 11.4 Å². The van der Waals surface area contributed by atoms with Crippen molar-refractivity contribution in [3.05, 3.63) is 41.1 Å². The van der Waals surface area contributed by atoms with Crippen molar-refractivity contribution in [2.45, 2.75) is 52.2 Å². The second-order valence-corrected chi connectivity index (χ2v) is 8.00. The summed E-state index contributed by atoms with van der Waals surface area (Å²) in [6, 6.07) is 3.95. The lowest BCUT2D eigenvalue weighted by Crippen LogP contribution is -2.34. The topological polar surface area (TPSA) is 96.6 Å². The Bertz CT molecular complexity index is 1030. The van der Waals surface area contributed by atoms with Gasteiger partial charge in [0.15, 0.2) is 0 Å². The Hall–Kier alpha value is -2.80. The van der Waals surface area contributed by atoms with E-state index in [0.717, 1.165) is 29.3 Å². The van der Waals surface area contributed by atoms with Crippen molar-refractivity contribution in [2.75, 3.05) is 6.54 Å². The van der Waals surface area contributed by atoms with Crippen molar-refractivity contribution in [1.29, 1.82) is 0 Å². The predicted octanol–water partition coefficient (Wildman–Crippen LogP) is 2.94. The number of fused-ring (bicyclic) bond motifs is 1. The fourth-order valence-electron chi connectivity index (χ4n) is 4.37. The number of hydrogen-bond acceptors (Lipinski definition) is 4. The Labute approximate surface area is 169 Å². The molecular weight excluding hydrogens is 368 g/mol. The number of aliphatic hydroxyl groups is 1. The molecule has 0 spiro atoms. The molecule has 2 amide bonds. The van der Waals surface area contributed by atoms with Gasteiger partial charge in [0.05, 0.1) is 35.8 Å². The monoisotopic (exact) mass is 394 g/mol. The molecular formula is C22H26N4O3. The number of dihydropyridines is 1. The summed E-state index contributed by atoms with van der Waals surface area (Å²) >= 11 is 0. The highest BCUT2D eigenvalue weighted by atomic mass is 16.3. The van der Waals surface area contributed by atoms with Gasteiger partial charge in [0.25, 0.3) is 11.8 Å². The molecule has 7 nitrogen and oxygen atoms in total. The summed E-state index contributed by atoms with van der Waals surface area (Å²) in [4.78, 5) is 29.2. The molecule has 0 bridgehead atoms. The molecule has 29 heavy (non-hydrogen) atoms. The molecule has 7 heteroatoms. The summed E-state index contributed by atoms with van der Waals surface area (Å²) in [7, 11) is 0. The van der Waals surface area contributed by atoms with Gasteiger partial charge in [-0.3, -0.25) is 14.3 Å². The number of amides is 2. The Morgan fingerprint density at radius 2 is 2.03 bits per heavy atom. The third kappa shape index (κ3) is 3.74. The van der Waals surface area contributed by atoms with Crippen LogP contribution in [-0.4, -0.2) is 39.0 Å². The lowest BCUT2D eigenvalue weighted by Gasteiger charge is -2.19. The summed E-state index contributed by atoms with van der Waals surface area (Å²) in [5, 5.41) is 17.9. The molecule has 2 N–H and O–H groups in total. The molecule has 0 radical (unpaired) electrons. The number of carbonyl (C=O) groups is 2. The van der Waals surface area contributed by atoms with Gasteiger partial charge < -0.3 is 10.4 Å². The Morgan fingerprint density at radius 1 is 1.28 bits per heavy atom. The molecule has 1 atom stereocenters. The number of aliphatic imine (C=N–C) groups is 1. The lowest BCUT2D eigenvalue weighted by molar-refractivity contribution is -0.120. The molecule has 4 rings (SSSR count). The summed E-state index contributed by atoms with van der Waals surface area (Å²) < 4.78 is 1.99. The van der Waals surface area contributed by atoms with Gasteiger partial charge in [-0.1, -0.05) is 18.4 Å². The van der Waals surface area contributed by atoms with E-state index in [1.807, 2.05) is 23.7 Å². The second kappa shape index (κ2) is 7.91. The highest BCUT2D eigenvalue weighted by Gasteiger charge is 2.26. The smallest absolute Gasteiger partial charge is 0.254 e. The number of aromatic nitrogens is 2. The number of nitrogens with zero attached hydrogens (tertiary/aromatic N) is 3. The molecule has 2 heterocycles.